The van der Waals surface area contributed by atoms with Gasteiger partial charge in [0.05, 0.1) is 4.92 Å². The zero-order valence-corrected chi connectivity index (χ0v) is 11.3. The van der Waals surface area contributed by atoms with Gasteiger partial charge in [-0.25, -0.2) is 5.43 Å². The Bertz CT molecular complexity index is 537. The van der Waals surface area contributed by atoms with Gasteiger partial charge in [-0.1, -0.05) is 6.92 Å². The lowest BCUT2D eigenvalue weighted by Gasteiger charge is -2.18. The number of nitro groups is 1. The Morgan fingerprint density at radius 2 is 2.10 bits per heavy atom. The first kappa shape index (κ1) is 14.2. The zero-order valence-electron chi connectivity index (χ0n) is 11.3. The largest absolute Gasteiger partial charge is 0.271 e. The van der Waals surface area contributed by atoms with E-state index in [1.807, 2.05) is 0 Å². The Morgan fingerprint density at radius 1 is 1.40 bits per heavy atom. The number of non-ortho nitro benzene ring substituents is 1. The highest BCUT2D eigenvalue weighted by atomic mass is 16.6. The molecule has 1 N–H and O–H groups in total. The highest BCUT2D eigenvalue weighted by Crippen LogP contribution is 2.21. The number of benzene rings is 1. The van der Waals surface area contributed by atoms with Crippen molar-refractivity contribution < 1.29 is 9.72 Å². The van der Waals surface area contributed by atoms with Crippen LogP contribution in [0.3, 0.4) is 0 Å². The average molecular weight is 275 g/mol. The quantitative estimate of drug-likeness (QED) is 0.680. The van der Waals surface area contributed by atoms with Crippen LogP contribution < -0.4 is 5.43 Å². The van der Waals surface area contributed by atoms with E-state index in [0.29, 0.717) is 11.5 Å². The minimum absolute atomic E-state index is 0.0334. The molecule has 0 bridgehead atoms. The minimum Gasteiger partial charge on any atom is -0.267 e. The van der Waals surface area contributed by atoms with E-state index in [4.69, 9.17) is 0 Å². The third-order valence-electron chi connectivity index (χ3n) is 3.40. The second kappa shape index (κ2) is 6.27. The number of rotatable bonds is 3. The van der Waals surface area contributed by atoms with E-state index in [1.165, 1.54) is 30.7 Å². The van der Waals surface area contributed by atoms with Crippen LogP contribution in [0.4, 0.5) is 5.69 Å². The van der Waals surface area contributed by atoms with Crippen LogP contribution in [0.15, 0.2) is 29.4 Å². The molecular weight excluding hydrogens is 258 g/mol. The van der Waals surface area contributed by atoms with Gasteiger partial charge in [-0.05, 0) is 43.7 Å². The summed E-state index contributed by atoms with van der Waals surface area (Å²) in [6.45, 7) is 2.17. The molecule has 1 fully saturated rings. The second-order valence-electron chi connectivity index (χ2n) is 5.12. The van der Waals surface area contributed by atoms with Gasteiger partial charge in [-0.2, -0.15) is 5.10 Å². The van der Waals surface area contributed by atoms with Crippen LogP contribution in [-0.4, -0.2) is 16.5 Å². The molecule has 106 valence electrons. The fourth-order valence-electron chi connectivity index (χ4n) is 2.29. The van der Waals surface area contributed by atoms with Gasteiger partial charge in [0, 0.05) is 23.4 Å². The number of nitro benzene ring substituents is 1. The van der Waals surface area contributed by atoms with Crippen molar-refractivity contribution in [1.29, 1.82) is 0 Å². The summed E-state index contributed by atoms with van der Waals surface area (Å²) in [5.74, 6) is 0.268. The van der Waals surface area contributed by atoms with Gasteiger partial charge in [0.25, 0.3) is 11.6 Å². The molecule has 1 aliphatic carbocycles. The molecule has 1 aromatic carbocycles. The summed E-state index contributed by atoms with van der Waals surface area (Å²) in [6.07, 6.45) is 4.15. The van der Waals surface area contributed by atoms with Gasteiger partial charge < -0.3 is 0 Å². The van der Waals surface area contributed by atoms with E-state index in [-0.39, 0.29) is 11.6 Å². The van der Waals surface area contributed by atoms with Crippen molar-refractivity contribution in [3.05, 3.63) is 39.9 Å². The first-order chi connectivity index (χ1) is 9.56. The molecule has 1 atom stereocenters. The van der Waals surface area contributed by atoms with Gasteiger partial charge in [0.2, 0.25) is 0 Å². The number of hydrazone groups is 1. The molecule has 1 amide bonds. The van der Waals surface area contributed by atoms with E-state index >= 15 is 0 Å². The monoisotopic (exact) mass is 275 g/mol. The lowest BCUT2D eigenvalue weighted by molar-refractivity contribution is -0.384. The van der Waals surface area contributed by atoms with Crippen LogP contribution in [0.25, 0.3) is 0 Å². The Hall–Kier alpha value is -2.24. The molecule has 6 nitrogen and oxygen atoms in total. The van der Waals surface area contributed by atoms with Gasteiger partial charge in [-0.15, -0.1) is 0 Å². The molecule has 0 radical (unpaired) electrons. The van der Waals surface area contributed by atoms with E-state index in [2.05, 4.69) is 17.5 Å². The number of hydrogen-bond donors (Lipinski definition) is 1. The molecule has 1 aliphatic rings. The summed E-state index contributed by atoms with van der Waals surface area (Å²) in [5, 5.41) is 14.7. The van der Waals surface area contributed by atoms with Gasteiger partial charge in [0.1, 0.15) is 0 Å². The normalized spacial score (nSPS) is 20.6. The summed E-state index contributed by atoms with van der Waals surface area (Å²) in [6, 6.07) is 5.48. The maximum Gasteiger partial charge on any atom is 0.271 e. The molecule has 0 heterocycles. The smallest absolute Gasteiger partial charge is 0.267 e. The van der Waals surface area contributed by atoms with E-state index < -0.39 is 4.92 Å². The van der Waals surface area contributed by atoms with Crippen LogP contribution in [0.5, 0.6) is 0 Å². The molecule has 1 aromatic rings. The summed E-state index contributed by atoms with van der Waals surface area (Å²) < 4.78 is 0. The molecule has 2 rings (SSSR count). The van der Waals surface area contributed by atoms with Crippen molar-refractivity contribution in [2.45, 2.75) is 32.6 Å². The first-order valence-electron chi connectivity index (χ1n) is 6.66. The van der Waals surface area contributed by atoms with Gasteiger partial charge in [0.15, 0.2) is 0 Å². The molecule has 0 spiro atoms. The van der Waals surface area contributed by atoms with E-state index in [1.54, 1.807) is 0 Å². The third kappa shape index (κ3) is 3.63. The van der Waals surface area contributed by atoms with Crippen molar-refractivity contribution in [3.63, 3.8) is 0 Å². The number of carbonyl (C=O) groups is 1. The summed E-state index contributed by atoms with van der Waals surface area (Å²) in [4.78, 5) is 21.9. The lowest BCUT2D eigenvalue weighted by Crippen LogP contribution is -2.22. The molecule has 0 unspecified atom stereocenters. The molecule has 0 aliphatic heterocycles. The summed E-state index contributed by atoms with van der Waals surface area (Å²) in [7, 11) is 0. The van der Waals surface area contributed by atoms with Crippen molar-refractivity contribution in [1.82, 2.24) is 5.43 Å². The molecule has 0 aromatic heterocycles. The Balaban J connectivity index is 1.97. The van der Waals surface area contributed by atoms with Crippen molar-refractivity contribution >= 4 is 17.3 Å². The Kier molecular flexibility index (Phi) is 4.45. The van der Waals surface area contributed by atoms with E-state index in [0.717, 1.165) is 25.0 Å². The van der Waals surface area contributed by atoms with Crippen molar-refractivity contribution in [3.8, 4) is 0 Å². The molecule has 1 saturated carbocycles. The first-order valence-corrected chi connectivity index (χ1v) is 6.66. The summed E-state index contributed by atoms with van der Waals surface area (Å²) in [5.41, 5.74) is 3.86. The molecule has 6 heteroatoms. The molecule has 20 heavy (non-hydrogen) atoms. The van der Waals surface area contributed by atoms with Gasteiger partial charge >= 0.3 is 0 Å². The van der Waals surface area contributed by atoms with Crippen LogP contribution in [0.1, 0.15) is 43.0 Å². The zero-order chi connectivity index (χ0) is 14.5. The van der Waals surface area contributed by atoms with Crippen molar-refractivity contribution in [2.24, 2.45) is 11.0 Å². The minimum atomic E-state index is -0.495. The number of amides is 1. The highest BCUT2D eigenvalue weighted by Gasteiger charge is 2.14. The fourth-order valence-corrected chi connectivity index (χ4v) is 2.29. The average Bonchev–Trinajstić information content (AvgIpc) is 2.45. The Labute approximate surface area is 117 Å². The second-order valence-corrected chi connectivity index (χ2v) is 5.12. The fraction of sp³-hybridized carbons (Fsp3) is 0.429. The highest BCUT2D eigenvalue weighted by molar-refractivity contribution is 5.95. The third-order valence-corrected chi connectivity index (χ3v) is 3.40. The van der Waals surface area contributed by atoms with Crippen LogP contribution >= 0.6 is 0 Å². The number of hydrogen-bond acceptors (Lipinski definition) is 4. The van der Waals surface area contributed by atoms with Crippen LogP contribution in [0, 0.1) is 16.0 Å². The summed E-state index contributed by atoms with van der Waals surface area (Å²) >= 11 is 0. The van der Waals surface area contributed by atoms with Crippen LogP contribution in [-0.2, 0) is 0 Å². The topological polar surface area (TPSA) is 84.6 Å². The lowest BCUT2D eigenvalue weighted by atomic mass is 9.89. The predicted octanol–water partition coefficient (Wildman–Crippen LogP) is 2.89. The predicted molar refractivity (Wildman–Crippen MR) is 75.6 cm³/mol. The van der Waals surface area contributed by atoms with E-state index in [9.17, 15) is 14.9 Å². The van der Waals surface area contributed by atoms with Crippen molar-refractivity contribution in [2.75, 3.05) is 0 Å². The number of nitrogens with zero attached hydrogens (tertiary/aromatic N) is 2. The maximum absolute atomic E-state index is 11.9. The van der Waals surface area contributed by atoms with Crippen LogP contribution in [0.2, 0.25) is 0 Å². The standard InChI is InChI=1S/C14H17N3O3/c1-10-3-2-4-12(9-10)15-16-14(18)11-5-7-13(8-6-11)17(19)20/h5-8,10H,2-4,9H2,1H3,(H,16,18)/t10-/m1/s1. The SMILES string of the molecule is C[C@@H]1CCCC(=NNC(=O)c2ccc([N+](=O)[O-])cc2)C1. The maximum atomic E-state index is 11.9. The number of carbonyl (C=O) groups excluding carboxylic acids is 1. The molecular formula is C14H17N3O3. The number of nitrogens with one attached hydrogen (secondary N) is 1. The Morgan fingerprint density at radius 3 is 2.70 bits per heavy atom. The molecule has 0 saturated heterocycles. The van der Waals surface area contributed by atoms with Gasteiger partial charge in [-0.3, -0.25) is 14.9 Å².